The molecule has 2 aromatic heterocycles. The average molecular weight is 458 g/mol. The summed E-state index contributed by atoms with van der Waals surface area (Å²) in [5, 5.41) is 16.2. The van der Waals surface area contributed by atoms with Crippen molar-refractivity contribution in [3.63, 3.8) is 0 Å². The predicted octanol–water partition coefficient (Wildman–Crippen LogP) is 6.21. The summed E-state index contributed by atoms with van der Waals surface area (Å²) < 4.78 is 7.75. The van der Waals surface area contributed by atoms with Crippen LogP contribution in [-0.2, 0) is 11.0 Å². The van der Waals surface area contributed by atoms with Crippen molar-refractivity contribution < 1.29 is 9.21 Å². The molecular weight excluding hydrogens is 426 g/mol. The molecule has 0 aliphatic rings. The molecule has 0 fully saturated rings. The van der Waals surface area contributed by atoms with Crippen molar-refractivity contribution in [2.75, 3.05) is 5.32 Å². The Morgan fingerprint density at radius 3 is 2.18 bits per heavy atom. The molecular formula is C27H31N5O2. The fourth-order valence-corrected chi connectivity index (χ4v) is 3.56. The van der Waals surface area contributed by atoms with Gasteiger partial charge in [-0.1, -0.05) is 39.0 Å². The number of anilines is 1. The van der Waals surface area contributed by atoms with Crippen LogP contribution in [0.25, 0.3) is 22.9 Å². The Morgan fingerprint density at radius 2 is 1.56 bits per heavy atom. The monoisotopic (exact) mass is 457 g/mol. The maximum atomic E-state index is 13.0. The van der Waals surface area contributed by atoms with Crippen LogP contribution in [0.2, 0.25) is 0 Å². The van der Waals surface area contributed by atoms with Crippen LogP contribution in [0, 0.1) is 6.92 Å². The lowest BCUT2D eigenvalue weighted by Gasteiger charge is -2.23. The zero-order valence-corrected chi connectivity index (χ0v) is 20.8. The summed E-state index contributed by atoms with van der Waals surface area (Å²) in [7, 11) is 0. The van der Waals surface area contributed by atoms with E-state index < -0.39 is 0 Å². The van der Waals surface area contributed by atoms with Crippen LogP contribution in [0.4, 0.5) is 5.82 Å². The van der Waals surface area contributed by atoms with E-state index in [2.05, 4.69) is 57.1 Å². The third-order valence-corrected chi connectivity index (χ3v) is 5.55. The van der Waals surface area contributed by atoms with Gasteiger partial charge in [0.1, 0.15) is 5.82 Å². The lowest BCUT2D eigenvalue weighted by atomic mass is 9.92. The fraction of sp³-hybridized carbons (Fsp3) is 0.333. The minimum Gasteiger partial charge on any atom is -0.416 e. The van der Waals surface area contributed by atoms with Crippen LogP contribution in [0.15, 0.2) is 59.0 Å². The van der Waals surface area contributed by atoms with Crippen LogP contribution >= 0.6 is 0 Å². The van der Waals surface area contributed by atoms with Gasteiger partial charge in [-0.15, -0.1) is 10.2 Å². The molecule has 7 nitrogen and oxygen atoms in total. The molecule has 0 bridgehead atoms. The van der Waals surface area contributed by atoms with Crippen molar-refractivity contribution in [3.8, 4) is 22.9 Å². The Hall–Kier alpha value is -3.74. The van der Waals surface area contributed by atoms with Gasteiger partial charge >= 0.3 is 0 Å². The van der Waals surface area contributed by atoms with Gasteiger partial charge in [-0.3, -0.25) is 4.79 Å². The van der Waals surface area contributed by atoms with Gasteiger partial charge in [-0.25, -0.2) is 4.68 Å². The first-order valence-electron chi connectivity index (χ1n) is 11.4. The minimum atomic E-state index is -0.275. The normalized spacial score (nSPS) is 12.1. The highest BCUT2D eigenvalue weighted by Gasteiger charge is 2.26. The number of rotatable bonds is 4. The van der Waals surface area contributed by atoms with Crippen molar-refractivity contribution in [2.24, 2.45) is 0 Å². The number of aromatic nitrogens is 4. The van der Waals surface area contributed by atoms with Gasteiger partial charge in [0.2, 0.25) is 11.8 Å². The second-order valence-electron chi connectivity index (χ2n) is 10.5. The van der Waals surface area contributed by atoms with Gasteiger partial charge in [0.25, 0.3) is 5.91 Å². The van der Waals surface area contributed by atoms with Crippen molar-refractivity contribution in [3.05, 3.63) is 71.4 Å². The van der Waals surface area contributed by atoms with Crippen LogP contribution in [0.1, 0.15) is 63.2 Å². The highest BCUT2D eigenvalue weighted by atomic mass is 16.4. The first-order valence-corrected chi connectivity index (χ1v) is 11.4. The molecule has 2 aromatic carbocycles. The van der Waals surface area contributed by atoms with E-state index in [1.54, 1.807) is 12.1 Å². The zero-order chi connectivity index (χ0) is 24.7. The van der Waals surface area contributed by atoms with Gasteiger partial charge < -0.3 is 9.73 Å². The predicted molar refractivity (Wildman–Crippen MR) is 134 cm³/mol. The van der Waals surface area contributed by atoms with Gasteiger partial charge in [0.05, 0.1) is 11.2 Å². The molecule has 0 radical (unpaired) electrons. The van der Waals surface area contributed by atoms with Gasteiger partial charge in [-0.05, 0) is 63.6 Å². The molecule has 0 aliphatic carbocycles. The summed E-state index contributed by atoms with van der Waals surface area (Å²) in [5.74, 6) is 1.35. The number of nitrogens with zero attached hydrogens (tertiary/aromatic N) is 4. The largest absolute Gasteiger partial charge is 0.416 e. The van der Waals surface area contributed by atoms with Gasteiger partial charge in [0.15, 0.2) is 0 Å². The van der Waals surface area contributed by atoms with E-state index in [4.69, 9.17) is 9.52 Å². The van der Waals surface area contributed by atoms with Crippen LogP contribution in [-0.4, -0.2) is 25.9 Å². The van der Waals surface area contributed by atoms with Crippen LogP contribution in [0.3, 0.4) is 0 Å². The number of hydrogen-bond donors (Lipinski definition) is 1. The molecule has 0 unspecified atom stereocenters. The van der Waals surface area contributed by atoms with E-state index in [-0.39, 0.29) is 16.9 Å². The van der Waals surface area contributed by atoms with Crippen molar-refractivity contribution >= 4 is 11.7 Å². The van der Waals surface area contributed by atoms with Crippen molar-refractivity contribution in [1.29, 1.82) is 0 Å². The first kappa shape index (κ1) is 23.4. The topological polar surface area (TPSA) is 85.8 Å². The average Bonchev–Trinajstić information content (AvgIpc) is 3.41. The van der Waals surface area contributed by atoms with Gasteiger partial charge in [0, 0.05) is 28.2 Å². The smallest absolute Gasteiger partial charge is 0.256 e. The molecule has 1 N–H and O–H groups in total. The SMILES string of the molecule is Cc1ccccc1-c1nnc(-c2ccc(C(=O)Nc3cc(C(C)(C)C)nn3C(C)(C)C)cc2)o1. The highest BCUT2D eigenvalue weighted by Crippen LogP contribution is 2.29. The van der Waals surface area contributed by atoms with E-state index in [1.807, 2.05) is 54.1 Å². The van der Waals surface area contributed by atoms with Crippen LogP contribution in [0.5, 0.6) is 0 Å². The number of amides is 1. The number of aryl methyl sites for hydroxylation is 1. The number of nitrogens with one attached hydrogen (secondary N) is 1. The van der Waals surface area contributed by atoms with Crippen molar-refractivity contribution in [1.82, 2.24) is 20.0 Å². The van der Waals surface area contributed by atoms with E-state index in [0.29, 0.717) is 23.2 Å². The molecule has 0 saturated heterocycles. The number of carbonyl (C=O) groups excluding carboxylic acids is 1. The molecule has 0 spiro atoms. The second kappa shape index (κ2) is 8.56. The summed E-state index contributed by atoms with van der Waals surface area (Å²) >= 11 is 0. The quantitative estimate of drug-likeness (QED) is 0.393. The summed E-state index contributed by atoms with van der Waals surface area (Å²) in [4.78, 5) is 13.0. The molecule has 0 atom stereocenters. The number of benzene rings is 2. The molecule has 176 valence electrons. The number of carbonyl (C=O) groups is 1. The van der Waals surface area contributed by atoms with Crippen LogP contribution < -0.4 is 5.32 Å². The van der Waals surface area contributed by atoms with Crippen molar-refractivity contribution in [2.45, 2.75) is 59.4 Å². The second-order valence-corrected chi connectivity index (χ2v) is 10.5. The lowest BCUT2D eigenvalue weighted by molar-refractivity contribution is 0.102. The summed E-state index contributed by atoms with van der Waals surface area (Å²) in [6.45, 7) is 14.5. The summed E-state index contributed by atoms with van der Waals surface area (Å²) in [6, 6.07) is 16.9. The minimum absolute atomic E-state index is 0.126. The lowest BCUT2D eigenvalue weighted by Crippen LogP contribution is -2.27. The Bertz CT molecular complexity index is 1320. The van der Waals surface area contributed by atoms with E-state index in [1.165, 1.54) is 0 Å². The summed E-state index contributed by atoms with van der Waals surface area (Å²) in [5.41, 5.74) is 3.77. The molecule has 0 saturated carbocycles. The maximum absolute atomic E-state index is 13.0. The zero-order valence-electron chi connectivity index (χ0n) is 20.8. The maximum Gasteiger partial charge on any atom is 0.256 e. The Morgan fingerprint density at radius 1 is 0.912 bits per heavy atom. The van der Waals surface area contributed by atoms with E-state index >= 15 is 0 Å². The molecule has 34 heavy (non-hydrogen) atoms. The standard InChI is InChI=1S/C27H31N5O2/c1-17-10-8-9-11-20(17)25-30-29-24(34-25)19-14-12-18(13-15-19)23(33)28-22-16-21(26(2,3)4)31-32(22)27(5,6)7/h8-16H,1-7H3,(H,28,33). The Kier molecular flexibility index (Phi) is 5.89. The first-order chi connectivity index (χ1) is 15.9. The Balaban J connectivity index is 1.55. The van der Waals surface area contributed by atoms with E-state index in [0.717, 1.165) is 22.4 Å². The van der Waals surface area contributed by atoms with E-state index in [9.17, 15) is 4.79 Å². The molecule has 0 aliphatic heterocycles. The third-order valence-electron chi connectivity index (χ3n) is 5.55. The fourth-order valence-electron chi connectivity index (χ4n) is 3.56. The van der Waals surface area contributed by atoms with Gasteiger partial charge in [-0.2, -0.15) is 5.10 Å². The third kappa shape index (κ3) is 4.78. The molecule has 4 aromatic rings. The Labute approximate surface area is 200 Å². The molecule has 1 amide bonds. The molecule has 7 heteroatoms. The highest BCUT2D eigenvalue weighted by molar-refractivity contribution is 6.04. The molecule has 2 heterocycles. The summed E-state index contributed by atoms with van der Waals surface area (Å²) in [6.07, 6.45) is 0. The number of hydrogen-bond acceptors (Lipinski definition) is 5. The molecule has 4 rings (SSSR count).